The topological polar surface area (TPSA) is 284 Å². The van der Waals surface area contributed by atoms with E-state index in [4.69, 9.17) is 0 Å². The van der Waals surface area contributed by atoms with E-state index in [1.807, 2.05) is 0 Å². The Morgan fingerprint density at radius 1 is 0.182 bits per heavy atom. The third-order valence-electron chi connectivity index (χ3n) is 0. The molecule has 0 saturated heterocycles. The van der Waals surface area contributed by atoms with Crippen LogP contribution in [0.2, 0.25) is 0 Å². The summed E-state index contributed by atoms with van der Waals surface area (Å²) in [6.07, 6.45) is 0. The van der Waals surface area contributed by atoms with Gasteiger partial charge in [0.15, 0.2) is 0 Å². The van der Waals surface area contributed by atoms with Crippen LogP contribution in [0.15, 0.2) is 0 Å². The van der Waals surface area contributed by atoms with Crippen molar-refractivity contribution in [1.29, 1.82) is 0 Å². The molecule has 11 heavy (non-hydrogen) atoms. The average molecular weight is 441 g/mol. The van der Waals surface area contributed by atoms with Crippen LogP contribution in [0.1, 0.15) is 0 Å². The third kappa shape index (κ3) is 192. The molecular formula is H22Ba2O9. The zero-order chi connectivity index (χ0) is 0. The van der Waals surface area contributed by atoms with Gasteiger partial charge in [-0.1, -0.05) is 0 Å². The Bertz CT molecular complexity index is 7.52. The standard InChI is InChI=1S/2Ba.9H2O.4H/h;;9*1H2;;;;. The van der Waals surface area contributed by atoms with Crippen LogP contribution in [-0.4, -0.2) is 147 Å². The molecule has 0 saturated carbocycles. The molecule has 11 heteroatoms. The zero-order valence-electron chi connectivity index (χ0n) is 4.50. The average Bonchev–Trinajstić information content (AvgIpc) is 0. The van der Waals surface area contributed by atoms with Gasteiger partial charge in [-0.3, -0.25) is 0 Å². The van der Waals surface area contributed by atoms with Crippen molar-refractivity contribution in [3.05, 3.63) is 0 Å². The first-order valence-corrected chi connectivity index (χ1v) is 0. The van der Waals surface area contributed by atoms with Gasteiger partial charge in [-0.2, -0.15) is 0 Å². The molecule has 0 fully saturated rings. The molecule has 18 N–H and O–H groups in total. The monoisotopic (exact) mass is 442 g/mol. The van der Waals surface area contributed by atoms with Gasteiger partial charge in [0.25, 0.3) is 0 Å². The normalized spacial score (nSPS) is 0. The summed E-state index contributed by atoms with van der Waals surface area (Å²) in [6, 6.07) is 0. The minimum absolute atomic E-state index is 0. The molecule has 0 radical (unpaired) electrons. The fraction of sp³-hybridized carbons (Fsp3) is 0. The first-order chi connectivity index (χ1) is 0. The van der Waals surface area contributed by atoms with Crippen molar-refractivity contribution in [3.63, 3.8) is 0 Å². The predicted octanol–water partition coefficient (Wildman–Crippen LogP) is -9.25. The van der Waals surface area contributed by atoms with Crippen LogP contribution in [0, 0.1) is 0 Å². The molecule has 0 amide bonds. The quantitative estimate of drug-likeness (QED) is 0.317. The molecule has 0 atom stereocenters. The molecular weight excluding hydrogens is 419 g/mol. The van der Waals surface area contributed by atoms with Gasteiger partial charge in [0.1, 0.15) is 0 Å². The first kappa shape index (κ1) is 291. The van der Waals surface area contributed by atoms with Gasteiger partial charge in [0, 0.05) is 0 Å². The Kier molecular flexibility index (Phi) is 6060. The summed E-state index contributed by atoms with van der Waals surface area (Å²) in [6.45, 7) is 0. The third-order valence-corrected chi connectivity index (χ3v) is 0. The Hall–Kier alpha value is 2.78. The van der Waals surface area contributed by atoms with Gasteiger partial charge in [0.05, 0.1) is 0 Å². The van der Waals surface area contributed by atoms with Crippen molar-refractivity contribution >= 4 is 97.8 Å². The molecule has 0 aliphatic heterocycles. The summed E-state index contributed by atoms with van der Waals surface area (Å²) in [5.74, 6) is 0. The summed E-state index contributed by atoms with van der Waals surface area (Å²) >= 11 is 0. The van der Waals surface area contributed by atoms with Crippen molar-refractivity contribution in [1.82, 2.24) is 0 Å². The van der Waals surface area contributed by atoms with E-state index < -0.39 is 0 Å². The number of hydrogen-bond donors (Lipinski definition) is 0. The Morgan fingerprint density at radius 2 is 0.182 bits per heavy atom. The molecule has 0 heterocycles. The molecule has 0 rings (SSSR count). The molecule has 80 valence electrons. The summed E-state index contributed by atoms with van der Waals surface area (Å²) in [7, 11) is 0. The van der Waals surface area contributed by atoms with Crippen LogP contribution in [0.5, 0.6) is 0 Å². The van der Waals surface area contributed by atoms with Crippen LogP contribution in [0.4, 0.5) is 0 Å². The number of rotatable bonds is 0. The maximum absolute atomic E-state index is 0. The van der Waals surface area contributed by atoms with E-state index >= 15 is 0 Å². The van der Waals surface area contributed by atoms with Crippen molar-refractivity contribution in [3.8, 4) is 0 Å². The molecule has 0 aliphatic rings. The Labute approximate surface area is 144 Å². The van der Waals surface area contributed by atoms with E-state index in [1.165, 1.54) is 0 Å². The van der Waals surface area contributed by atoms with Gasteiger partial charge in [-0.25, -0.2) is 0 Å². The molecule has 0 aromatic carbocycles. The Morgan fingerprint density at radius 3 is 0.182 bits per heavy atom. The molecule has 0 aliphatic carbocycles. The SMILES string of the molecule is O.O.O.O.O.O.O.O.O.[BaH2].[BaH2]. The van der Waals surface area contributed by atoms with Crippen molar-refractivity contribution in [2.24, 2.45) is 0 Å². The fourth-order valence-corrected chi connectivity index (χ4v) is 0. The number of hydrogen-bond acceptors (Lipinski definition) is 0. The summed E-state index contributed by atoms with van der Waals surface area (Å²) < 4.78 is 0. The molecule has 9 nitrogen and oxygen atoms in total. The van der Waals surface area contributed by atoms with Gasteiger partial charge in [-0.15, -0.1) is 0 Å². The van der Waals surface area contributed by atoms with Gasteiger partial charge in [-0.05, 0) is 0 Å². The molecule has 0 spiro atoms. The van der Waals surface area contributed by atoms with Gasteiger partial charge >= 0.3 is 97.8 Å². The summed E-state index contributed by atoms with van der Waals surface area (Å²) in [5.41, 5.74) is 0. The van der Waals surface area contributed by atoms with Crippen LogP contribution in [0.25, 0.3) is 0 Å². The van der Waals surface area contributed by atoms with E-state index in [1.54, 1.807) is 0 Å². The van der Waals surface area contributed by atoms with Crippen LogP contribution in [0.3, 0.4) is 0 Å². The van der Waals surface area contributed by atoms with Gasteiger partial charge < -0.3 is 49.3 Å². The first-order valence-electron chi connectivity index (χ1n) is 0. The van der Waals surface area contributed by atoms with Crippen LogP contribution in [-0.2, 0) is 0 Å². The van der Waals surface area contributed by atoms with E-state index in [0.717, 1.165) is 0 Å². The van der Waals surface area contributed by atoms with E-state index in [-0.39, 0.29) is 147 Å². The zero-order valence-corrected chi connectivity index (χ0v) is 4.50. The summed E-state index contributed by atoms with van der Waals surface area (Å²) in [5, 5.41) is 0. The second-order valence-corrected chi connectivity index (χ2v) is 0. The molecule has 0 aromatic rings. The van der Waals surface area contributed by atoms with E-state index in [2.05, 4.69) is 0 Å². The maximum atomic E-state index is 0. The van der Waals surface area contributed by atoms with Crippen molar-refractivity contribution < 1.29 is 49.3 Å². The van der Waals surface area contributed by atoms with E-state index in [0.29, 0.717) is 0 Å². The second-order valence-electron chi connectivity index (χ2n) is 0. The molecule has 0 unspecified atom stereocenters. The van der Waals surface area contributed by atoms with Crippen LogP contribution >= 0.6 is 0 Å². The minimum atomic E-state index is 0. The fourth-order valence-electron chi connectivity index (χ4n) is 0. The summed E-state index contributed by atoms with van der Waals surface area (Å²) in [4.78, 5) is 0. The predicted molar refractivity (Wildman–Crippen MR) is 49.6 cm³/mol. The van der Waals surface area contributed by atoms with Crippen LogP contribution < -0.4 is 0 Å². The Balaban J connectivity index is 0. The van der Waals surface area contributed by atoms with Crippen molar-refractivity contribution in [2.45, 2.75) is 0 Å². The van der Waals surface area contributed by atoms with E-state index in [9.17, 15) is 0 Å². The van der Waals surface area contributed by atoms with Crippen molar-refractivity contribution in [2.75, 3.05) is 0 Å². The molecule has 0 bridgehead atoms. The second kappa shape index (κ2) is 229. The molecule has 0 aromatic heterocycles. The van der Waals surface area contributed by atoms with Gasteiger partial charge in [0.2, 0.25) is 0 Å².